The molecule has 0 unspecified atom stereocenters. The van der Waals surface area contributed by atoms with Crippen molar-refractivity contribution in [3.05, 3.63) is 28.2 Å². The van der Waals surface area contributed by atoms with E-state index in [4.69, 9.17) is 0 Å². The molecular weight excluding hydrogens is 264 g/mol. The number of halogens is 3. The van der Waals surface area contributed by atoms with Gasteiger partial charge in [0.25, 0.3) is 0 Å². The van der Waals surface area contributed by atoms with Crippen LogP contribution >= 0.6 is 15.9 Å². The fraction of sp³-hybridized carbons (Fsp3) is 0.455. The van der Waals surface area contributed by atoms with E-state index in [2.05, 4.69) is 21.2 Å². The van der Waals surface area contributed by atoms with Gasteiger partial charge in [-0.25, -0.2) is 8.78 Å². The number of nitrogens with one attached hydrogen (secondary N) is 1. The fourth-order valence-corrected chi connectivity index (χ4v) is 1.92. The molecule has 1 nitrogen and oxygen atoms in total. The number of hydrogen-bond acceptors (Lipinski definition) is 1. The molecule has 1 aromatic carbocycles. The highest BCUT2D eigenvalue weighted by molar-refractivity contribution is 9.10. The second kappa shape index (κ2) is 4.47. The minimum atomic E-state index is -0.437. The van der Waals surface area contributed by atoms with Crippen LogP contribution in [0.15, 0.2) is 16.6 Å². The first-order chi connectivity index (χ1) is 7.16. The highest BCUT2D eigenvalue weighted by Gasteiger charge is 2.17. The molecule has 2 rings (SSSR count). The molecule has 0 amide bonds. The van der Waals surface area contributed by atoms with E-state index in [0.29, 0.717) is 5.92 Å². The zero-order chi connectivity index (χ0) is 10.8. The average molecular weight is 276 g/mol. The van der Waals surface area contributed by atoms with E-state index in [1.807, 2.05) is 0 Å². The largest absolute Gasteiger partial charge is 0.382 e. The van der Waals surface area contributed by atoms with E-state index in [-0.39, 0.29) is 10.2 Å². The summed E-state index contributed by atoms with van der Waals surface area (Å²) in [6.07, 6.45) is 3.63. The third-order valence-electron chi connectivity index (χ3n) is 2.82. The predicted molar refractivity (Wildman–Crippen MR) is 59.9 cm³/mol. The summed E-state index contributed by atoms with van der Waals surface area (Å²) in [5, 5.41) is 2.95. The normalized spacial score (nSPS) is 16.2. The summed E-state index contributed by atoms with van der Waals surface area (Å²) in [6.45, 7) is 0.734. The molecule has 1 saturated carbocycles. The van der Waals surface area contributed by atoms with Crippen LogP contribution in [-0.2, 0) is 0 Å². The first-order valence-corrected chi connectivity index (χ1v) is 5.84. The van der Waals surface area contributed by atoms with Gasteiger partial charge in [0.05, 0.1) is 10.2 Å². The summed E-state index contributed by atoms with van der Waals surface area (Å²) in [4.78, 5) is 0. The highest BCUT2D eigenvalue weighted by atomic mass is 79.9. The van der Waals surface area contributed by atoms with Crippen LogP contribution in [0.5, 0.6) is 0 Å². The number of hydrogen-bond donors (Lipinski definition) is 1. The van der Waals surface area contributed by atoms with Crippen molar-refractivity contribution < 1.29 is 8.78 Å². The van der Waals surface area contributed by atoms with Crippen molar-refractivity contribution in [3.8, 4) is 0 Å². The molecule has 1 N–H and O–H groups in total. The summed E-state index contributed by atoms with van der Waals surface area (Å²) in [6, 6.07) is 2.34. The van der Waals surface area contributed by atoms with Crippen molar-refractivity contribution in [1.82, 2.24) is 0 Å². The van der Waals surface area contributed by atoms with Crippen LogP contribution in [0.3, 0.4) is 0 Å². The highest BCUT2D eigenvalue weighted by Crippen LogP contribution is 2.28. The van der Waals surface area contributed by atoms with E-state index in [9.17, 15) is 8.78 Å². The number of anilines is 1. The van der Waals surface area contributed by atoms with Crippen molar-refractivity contribution >= 4 is 21.6 Å². The monoisotopic (exact) mass is 275 g/mol. The Hall–Kier alpha value is -0.640. The Morgan fingerprint density at radius 3 is 2.60 bits per heavy atom. The lowest BCUT2D eigenvalue weighted by Crippen LogP contribution is -2.21. The lowest BCUT2D eigenvalue weighted by molar-refractivity contribution is 0.333. The van der Waals surface area contributed by atoms with Crippen LogP contribution in [-0.4, -0.2) is 6.54 Å². The van der Waals surface area contributed by atoms with Crippen LogP contribution in [0.4, 0.5) is 14.5 Å². The molecule has 1 aliphatic carbocycles. The van der Waals surface area contributed by atoms with Gasteiger partial charge in [-0.15, -0.1) is 0 Å². The molecule has 0 aromatic heterocycles. The minimum Gasteiger partial charge on any atom is -0.382 e. The third kappa shape index (κ3) is 2.48. The lowest BCUT2D eigenvalue weighted by atomic mass is 9.85. The van der Waals surface area contributed by atoms with Crippen molar-refractivity contribution in [1.29, 1.82) is 0 Å². The van der Waals surface area contributed by atoms with Gasteiger partial charge in [0.2, 0.25) is 0 Å². The SMILES string of the molecule is Fc1cc(NCC2CCC2)c(F)cc1Br. The zero-order valence-electron chi connectivity index (χ0n) is 8.19. The molecule has 0 saturated heterocycles. The third-order valence-corrected chi connectivity index (χ3v) is 3.42. The van der Waals surface area contributed by atoms with Crippen LogP contribution in [0.1, 0.15) is 19.3 Å². The number of rotatable bonds is 3. The predicted octanol–water partition coefficient (Wildman–Crippen LogP) is 3.94. The Kier molecular flexibility index (Phi) is 3.24. The summed E-state index contributed by atoms with van der Waals surface area (Å²) < 4.78 is 26.6. The minimum absolute atomic E-state index is 0.161. The molecule has 0 radical (unpaired) electrons. The Labute approximate surface area is 96.0 Å². The van der Waals surface area contributed by atoms with Gasteiger partial charge >= 0.3 is 0 Å². The Bertz CT molecular complexity index is 364. The maximum Gasteiger partial charge on any atom is 0.147 e. The van der Waals surface area contributed by atoms with Gasteiger partial charge in [0.15, 0.2) is 0 Å². The van der Waals surface area contributed by atoms with Gasteiger partial charge in [0, 0.05) is 12.6 Å². The van der Waals surface area contributed by atoms with Gasteiger partial charge < -0.3 is 5.32 Å². The Balaban J connectivity index is 2.03. The molecule has 0 spiro atoms. The summed E-state index contributed by atoms with van der Waals surface area (Å²) >= 11 is 2.94. The Morgan fingerprint density at radius 2 is 2.00 bits per heavy atom. The molecular formula is C11H12BrF2N. The summed E-state index contributed by atoms with van der Waals surface area (Å²) in [5.74, 6) is -0.230. The molecule has 1 aliphatic rings. The van der Waals surface area contributed by atoms with Gasteiger partial charge in [0.1, 0.15) is 11.6 Å². The molecule has 0 heterocycles. The van der Waals surface area contributed by atoms with Gasteiger partial charge in [-0.1, -0.05) is 6.42 Å². The van der Waals surface area contributed by atoms with E-state index in [1.54, 1.807) is 0 Å². The molecule has 1 fully saturated rings. The molecule has 0 aliphatic heterocycles. The second-order valence-corrected chi connectivity index (χ2v) is 4.78. The maximum absolute atomic E-state index is 13.3. The van der Waals surface area contributed by atoms with Gasteiger partial charge in [-0.3, -0.25) is 0 Å². The van der Waals surface area contributed by atoms with Crippen LogP contribution in [0.2, 0.25) is 0 Å². The van der Waals surface area contributed by atoms with E-state index < -0.39 is 11.6 Å². The second-order valence-electron chi connectivity index (χ2n) is 3.92. The smallest absolute Gasteiger partial charge is 0.147 e. The van der Waals surface area contributed by atoms with Crippen molar-refractivity contribution in [2.45, 2.75) is 19.3 Å². The lowest BCUT2D eigenvalue weighted by Gasteiger charge is -2.26. The van der Waals surface area contributed by atoms with Crippen LogP contribution in [0, 0.1) is 17.6 Å². The zero-order valence-corrected chi connectivity index (χ0v) is 9.78. The van der Waals surface area contributed by atoms with Crippen molar-refractivity contribution in [2.75, 3.05) is 11.9 Å². The molecule has 1 aromatic rings. The topological polar surface area (TPSA) is 12.0 Å². The number of benzene rings is 1. The molecule has 0 atom stereocenters. The van der Waals surface area contributed by atoms with Crippen LogP contribution < -0.4 is 5.32 Å². The van der Waals surface area contributed by atoms with E-state index >= 15 is 0 Å². The molecule has 82 valence electrons. The van der Waals surface area contributed by atoms with Crippen molar-refractivity contribution in [3.63, 3.8) is 0 Å². The standard InChI is InChI=1S/C11H12BrF2N/c12-8-4-10(14)11(5-9(8)13)15-6-7-2-1-3-7/h4-5,7,15H,1-3,6H2. The summed E-state index contributed by atoms with van der Waals surface area (Å²) in [7, 11) is 0. The molecule has 4 heteroatoms. The quantitative estimate of drug-likeness (QED) is 0.824. The van der Waals surface area contributed by atoms with Gasteiger partial charge in [-0.2, -0.15) is 0 Å². The maximum atomic E-state index is 13.3. The molecule has 15 heavy (non-hydrogen) atoms. The van der Waals surface area contributed by atoms with E-state index in [0.717, 1.165) is 12.6 Å². The van der Waals surface area contributed by atoms with Crippen molar-refractivity contribution in [2.24, 2.45) is 5.92 Å². The average Bonchev–Trinajstić information content (AvgIpc) is 2.11. The molecule has 0 bridgehead atoms. The Morgan fingerprint density at radius 1 is 1.27 bits per heavy atom. The van der Waals surface area contributed by atoms with Gasteiger partial charge in [-0.05, 0) is 40.8 Å². The first kappa shape index (κ1) is 10.9. The first-order valence-electron chi connectivity index (χ1n) is 5.05. The fourth-order valence-electron chi connectivity index (χ4n) is 1.61. The van der Waals surface area contributed by atoms with Crippen LogP contribution in [0.25, 0.3) is 0 Å². The van der Waals surface area contributed by atoms with E-state index in [1.165, 1.54) is 25.3 Å². The summed E-state index contributed by atoms with van der Waals surface area (Å²) in [5.41, 5.74) is 0.252.